The van der Waals surface area contributed by atoms with Crippen LogP contribution in [0.3, 0.4) is 0 Å². The van der Waals surface area contributed by atoms with Crippen LogP contribution in [0.15, 0.2) is 4.99 Å². The van der Waals surface area contributed by atoms with Gasteiger partial charge >= 0.3 is 0 Å². The molecule has 1 saturated carbocycles. The summed E-state index contributed by atoms with van der Waals surface area (Å²) in [7, 11) is 0. The van der Waals surface area contributed by atoms with Crippen LogP contribution < -0.4 is 10.6 Å². The van der Waals surface area contributed by atoms with Crippen LogP contribution in [-0.4, -0.2) is 25.1 Å². The maximum absolute atomic E-state index is 4.55. The Bertz CT molecular complexity index is 195. The Kier molecular flexibility index (Phi) is 5.51. The second-order valence-corrected chi connectivity index (χ2v) is 4.65. The lowest BCUT2D eigenvalue weighted by atomic mass is 10.2. The summed E-state index contributed by atoms with van der Waals surface area (Å²) in [6.07, 6.45) is 5.51. The summed E-state index contributed by atoms with van der Waals surface area (Å²) >= 11 is 0. The van der Waals surface area contributed by atoms with E-state index in [0.717, 1.165) is 25.0 Å². The van der Waals surface area contributed by atoms with Gasteiger partial charge in [-0.15, -0.1) is 0 Å². The number of hydrogen-bond donors (Lipinski definition) is 2. The maximum Gasteiger partial charge on any atom is 0.191 e. The van der Waals surface area contributed by atoms with E-state index in [1.165, 1.54) is 25.7 Å². The fourth-order valence-corrected chi connectivity index (χ4v) is 1.57. The summed E-state index contributed by atoms with van der Waals surface area (Å²) in [6.45, 7) is 8.26. The molecule has 2 N–H and O–H groups in total. The molecule has 0 spiro atoms. The third-order valence-corrected chi connectivity index (χ3v) is 2.51. The van der Waals surface area contributed by atoms with Crippen LogP contribution in [0.25, 0.3) is 0 Å². The van der Waals surface area contributed by atoms with Crippen molar-refractivity contribution in [3.8, 4) is 0 Å². The number of aliphatic imine (C=N–C) groups is 1. The van der Waals surface area contributed by atoms with Gasteiger partial charge in [-0.2, -0.15) is 0 Å². The lowest BCUT2D eigenvalue weighted by Gasteiger charge is -2.13. The van der Waals surface area contributed by atoms with Crippen molar-refractivity contribution in [3.05, 3.63) is 0 Å². The highest BCUT2D eigenvalue weighted by molar-refractivity contribution is 5.79. The molecule has 0 unspecified atom stereocenters. The van der Waals surface area contributed by atoms with Gasteiger partial charge in [-0.05, 0) is 39.5 Å². The van der Waals surface area contributed by atoms with E-state index in [0.29, 0.717) is 6.04 Å². The van der Waals surface area contributed by atoms with Gasteiger partial charge < -0.3 is 10.6 Å². The van der Waals surface area contributed by atoms with Crippen molar-refractivity contribution in [1.82, 2.24) is 10.6 Å². The zero-order valence-corrected chi connectivity index (χ0v) is 10.3. The average molecular weight is 211 g/mol. The molecule has 0 radical (unpaired) electrons. The molecule has 88 valence electrons. The third kappa shape index (κ3) is 6.37. The van der Waals surface area contributed by atoms with Gasteiger partial charge in [0, 0.05) is 19.1 Å². The number of hydrogen-bond acceptors (Lipinski definition) is 1. The fraction of sp³-hybridized carbons (Fsp3) is 0.917. The molecule has 1 aliphatic carbocycles. The van der Waals surface area contributed by atoms with Crippen LogP contribution in [0.4, 0.5) is 0 Å². The van der Waals surface area contributed by atoms with E-state index >= 15 is 0 Å². The molecule has 0 amide bonds. The van der Waals surface area contributed by atoms with Crippen LogP contribution in [-0.2, 0) is 0 Å². The summed E-state index contributed by atoms with van der Waals surface area (Å²) < 4.78 is 0. The van der Waals surface area contributed by atoms with Gasteiger partial charge in [-0.25, -0.2) is 0 Å². The van der Waals surface area contributed by atoms with E-state index in [4.69, 9.17) is 0 Å². The summed E-state index contributed by atoms with van der Waals surface area (Å²) in [6, 6.07) is 0.450. The molecule has 0 atom stereocenters. The largest absolute Gasteiger partial charge is 0.357 e. The van der Waals surface area contributed by atoms with E-state index < -0.39 is 0 Å². The number of nitrogens with zero attached hydrogens (tertiary/aromatic N) is 1. The maximum atomic E-state index is 4.55. The molecule has 15 heavy (non-hydrogen) atoms. The Labute approximate surface area is 93.7 Å². The third-order valence-electron chi connectivity index (χ3n) is 2.51. The van der Waals surface area contributed by atoms with Gasteiger partial charge in [0.25, 0.3) is 0 Å². The van der Waals surface area contributed by atoms with Crippen molar-refractivity contribution < 1.29 is 0 Å². The molecule has 0 saturated heterocycles. The zero-order valence-electron chi connectivity index (χ0n) is 10.3. The Morgan fingerprint density at radius 2 is 2.13 bits per heavy atom. The number of nitrogens with one attached hydrogen (secondary N) is 2. The summed E-state index contributed by atoms with van der Waals surface area (Å²) in [5, 5.41) is 6.58. The van der Waals surface area contributed by atoms with Gasteiger partial charge in [0.2, 0.25) is 0 Å². The molecule has 3 nitrogen and oxygen atoms in total. The SMILES string of the molecule is CCNC(=NCCCC1CC1)NC(C)C. The molecule has 3 heteroatoms. The second-order valence-electron chi connectivity index (χ2n) is 4.65. The minimum atomic E-state index is 0.450. The minimum Gasteiger partial charge on any atom is -0.357 e. The zero-order chi connectivity index (χ0) is 11.1. The summed E-state index contributed by atoms with van der Waals surface area (Å²) in [5.41, 5.74) is 0. The summed E-state index contributed by atoms with van der Waals surface area (Å²) in [5.74, 6) is 1.99. The molecule has 0 aliphatic heterocycles. The van der Waals surface area contributed by atoms with Gasteiger partial charge in [0.05, 0.1) is 0 Å². The molecular formula is C12H25N3. The van der Waals surface area contributed by atoms with Gasteiger partial charge in [0.15, 0.2) is 5.96 Å². The summed E-state index contributed by atoms with van der Waals surface area (Å²) in [4.78, 5) is 4.55. The molecule has 0 aromatic carbocycles. The standard InChI is InChI=1S/C12H25N3/c1-4-13-12(15-10(2)3)14-9-5-6-11-7-8-11/h10-11H,4-9H2,1-3H3,(H2,13,14,15). The van der Waals surface area contributed by atoms with Gasteiger partial charge in [-0.3, -0.25) is 4.99 Å². The number of rotatable bonds is 6. The average Bonchev–Trinajstić information content (AvgIpc) is 2.95. The normalized spacial score (nSPS) is 16.9. The van der Waals surface area contributed by atoms with Crippen molar-refractivity contribution in [3.63, 3.8) is 0 Å². The Hall–Kier alpha value is -0.730. The minimum absolute atomic E-state index is 0.450. The van der Waals surface area contributed by atoms with E-state index in [-0.39, 0.29) is 0 Å². The van der Waals surface area contributed by atoms with Gasteiger partial charge in [0.1, 0.15) is 0 Å². The van der Waals surface area contributed by atoms with Crippen LogP contribution >= 0.6 is 0 Å². The Balaban J connectivity index is 2.15. The Morgan fingerprint density at radius 1 is 1.40 bits per heavy atom. The molecule has 0 bridgehead atoms. The lowest BCUT2D eigenvalue weighted by Crippen LogP contribution is -2.41. The van der Waals surface area contributed by atoms with Crippen molar-refractivity contribution in [2.24, 2.45) is 10.9 Å². The van der Waals surface area contributed by atoms with E-state index in [9.17, 15) is 0 Å². The smallest absolute Gasteiger partial charge is 0.191 e. The van der Waals surface area contributed by atoms with Crippen molar-refractivity contribution in [1.29, 1.82) is 0 Å². The molecule has 1 rings (SSSR count). The van der Waals surface area contributed by atoms with Crippen molar-refractivity contribution in [2.75, 3.05) is 13.1 Å². The Morgan fingerprint density at radius 3 is 2.67 bits per heavy atom. The van der Waals surface area contributed by atoms with Crippen molar-refractivity contribution >= 4 is 5.96 Å². The molecule has 1 aliphatic rings. The molecule has 0 aromatic heterocycles. The topological polar surface area (TPSA) is 36.4 Å². The first-order chi connectivity index (χ1) is 7.22. The van der Waals surface area contributed by atoms with E-state index in [1.807, 2.05) is 0 Å². The van der Waals surface area contributed by atoms with Crippen LogP contribution in [0.2, 0.25) is 0 Å². The van der Waals surface area contributed by atoms with Crippen LogP contribution in [0.5, 0.6) is 0 Å². The monoisotopic (exact) mass is 211 g/mol. The van der Waals surface area contributed by atoms with Crippen LogP contribution in [0, 0.1) is 5.92 Å². The van der Waals surface area contributed by atoms with Gasteiger partial charge in [-0.1, -0.05) is 12.8 Å². The predicted octanol–water partition coefficient (Wildman–Crippen LogP) is 2.14. The highest BCUT2D eigenvalue weighted by Gasteiger charge is 2.19. The molecule has 0 heterocycles. The second kappa shape index (κ2) is 6.70. The molecule has 1 fully saturated rings. The number of guanidine groups is 1. The van der Waals surface area contributed by atoms with Crippen molar-refractivity contribution in [2.45, 2.75) is 52.5 Å². The first kappa shape index (κ1) is 12.3. The highest BCUT2D eigenvalue weighted by Crippen LogP contribution is 2.33. The fourth-order valence-electron chi connectivity index (χ4n) is 1.57. The quantitative estimate of drug-likeness (QED) is 0.401. The highest BCUT2D eigenvalue weighted by atomic mass is 15.2. The van der Waals surface area contributed by atoms with E-state index in [2.05, 4.69) is 36.4 Å². The first-order valence-electron chi connectivity index (χ1n) is 6.27. The van der Waals surface area contributed by atoms with Crippen LogP contribution in [0.1, 0.15) is 46.5 Å². The van der Waals surface area contributed by atoms with E-state index in [1.54, 1.807) is 0 Å². The lowest BCUT2D eigenvalue weighted by molar-refractivity contribution is 0.661. The molecular weight excluding hydrogens is 186 g/mol. The molecule has 0 aromatic rings. The predicted molar refractivity (Wildman–Crippen MR) is 66.2 cm³/mol. The first-order valence-corrected chi connectivity index (χ1v) is 6.27.